The first-order valence-corrected chi connectivity index (χ1v) is 9.93. The Kier molecular flexibility index (Phi) is 5.76. The number of nitrogens with zero attached hydrogens (tertiary/aromatic N) is 2. The fourth-order valence-electron chi connectivity index (χ4n) is 4.03. The summed E-state index contributed by atoms with van der Waals surface area (Å²) in [6, 6.07) is 8.48. The molecule has 6 nitrogen and oxygen atoms in total. The van der Waals surface area contributed by atoms with Crippen molar-refractivity contribution in [3.63, 3.8) is 0 Å². The van der Waals surface area contributed by atoms with E-state index in [1.165, 1.54) is 0 Å². The number of halogens is 1. The molecule has 144 valence electrons. The van der Waals surface area contributed by atoms with Crippen LogP contribution in [0.2, 0.25) is 5.02 Å². The van der Waals surface area contributed by atoms with Crippen molar-refractivity contribution in [2.24, 2.45) is 0 Å². The minimum Gasteiger partial charge on any atom is -0.371 e. The number of nitrogens with one attached hydrogen (secondary N) is 2. The van der Waals surface area contributed by atoms with Crippen LogP contribution in [0.5, 0.6) is 0 Å². The van der Waals surface area contributed by atoms with Crippen LogP contribution in [-0.4, -0.2) is 52.8 Å². The topological polar surface area (TPSA) is 70.2 Å². The van der Waals surface area contributed by atoms with E-state index in [-0.39, 0.29) is 18.1 Å². The van der Waals surface area contributed by atoms with E-state index >= 15 is 0 Å². The number of amides is 1. The first-order chi connectivity index (χ1) is 13.2. The number of aryl methyl sites for hydroxylation is 1. The molecule has 27 heavy (non-hydrogen) atoms. The number of ether oxygens (including phenoxy) is 1. The van der Waals surface area contributed by atoms with E-state index in [9.17, 15) is 4.79 Å². The van der Waals surface area contributed by atoms with Gasteiger partial charge in [0.25, 0.3) is 0 Å². The molecule has 2 aromatic rings. The Morgan fingerprint density at radius 3 is 2.96 bits per heavy atom. The fourth-order valence-corrected chi connectivity index (χ4v) is 4.15. The van der Waals surface area contributed by atoms with E-state index in [4.69, 9.17) is 16.3 Å². The molecule has 0 unspecified atom stereocenters. The highest BCUT2D eigenvalue weighted by Gasteiger charge is 2.38. The predicted molar refractivity (Wildman–Crippen MR) is 104 cm³/mol. The SMILES string of the molecule is O=C(CCCc1cn[nH]c1)N[C@H]1C[C@H]2CO[C@@H](c3ccc(Cl)cc3)CN2C1. The molecule has 3 atom stereocenters. The summed E-state index contributed by atoms with van der Waals surface area (Å²) in [6.45, 7) is 2.46. The van der Waals surface area contributed by atoms with Gasteiger partial charge in [-0.05, 0) is 42.5 Å². The van der Waals surface area contributed by atoms with Crippen LogP contribution in [0.15, 0.2) is 36.7 Å². The Labute approximate surface area is 164 Å². The Hall–Kier alpha value is -1.89. The number of rotatable bonds is 6. The Morgan fingerprint density at radius 2 is 2.19 bits per heavy atom. The number of hydrogen-bond acceptors (Lipinski definition) is 4. The number of H-pyrrole nitrogens is 1. The van der Waals surface area contributed by atoms with E-state index in [2.05, 4.69) is 20.4 Å². The van der Waals surface area contributed by atoms with Gasteiger partial charge in [-0.25, -0.2) is 0 Å². The molecular formula is C20H25ClN4O2. The molecule has 2 saturated heterocycles. The van der Waals surface area contributed by atoms with Gasteiger partial charge in [-0.2, -0.15) is 5.10 Å². The number of aromatic nitrogens is 2. The molecule has 0 aliphatic carbocycles. The maximum absolute atomic E-state index is 12.3. The second kappa shape index (κ2) is 8.42. The second-order valence-electron chi connectivity index (χ2n) is 7.44. The molecular weight excluding hydrogens is 364 g/mol. The van der Waals surface area contributed by atoms with Gasteiger partial charge in [-0.15, -0.1) is 0 Å². The molecule has 0 radical (unpaired) electrons. The lowest BCUT2D eigenvalue weighted by Gasteiger charge is -2.35. The zero-order valence-corrected chi connectivity index (χ0v) is 16.0. The molecule has 4 rings (SSSR count). The first-order valence-electron chi connectivity index (χ1n) is 9.55. The zero-order chi connectivity index (χ0) is 18.6. The highest BCUT2D eigenvalue weighted by atomic mass is 35.5. The maximum Gasteiger partial charge on any atom is 0.220 e. The van der Waals surface area contributed by atoms with Gasteiger partial charge < -0.3 is 10.1 Å². The van der Waals surface area contributed by atoms with Gasteiger partial charge in [0.1, 0.15) is 0 Å². The summed E-state index contributed by atoms with van der Waals surface area (Å²) in [5, 5.41) is 10.7. The first kappa shape index (κ1) is 18.5. The number of morpholine rings is 1. The number of benzene rings is 1. The molecule has 2 N–H and O–H groups in total. The molecule has 1 aromatic carbocycles. The normalized spacial score (nSPS) is 25.3. The van der Waals surface area contributed by atoms with E-state index in [0.717, 1.165) is 48.5 Å². The molecule has 2 fully saturated rings. The predicted octanol–water partition coefficient (Wildman–Crippen LogP) is 2.72. The summed E-state index contributed by atoms with van der Waals surface area (Å²) in [5.74, 6) is 0.138. The molecule has 3 heterocycles. The van der Waals surface area contributed by atoms with Gasteiger partial charge in [0.15, 0.2) is 0 Å². The van der Waals surface area contributed by atoms with E-state index < -0.39 is 0 Å². The third-order valence-electron chi connectivity index (χ3n) is 5.45. The van der Waals surface area contributed by atoms with Crippen molar-refractivity contribution in [2.75, 3.05) is 19.7 Å². The highest BCUT2D eigenvalue weighted by Crippen LogP contribution is 2.30. The Balaban J connectivity index is 1.23. The van der Waals surface area contributed by atoms with Crippen molar-refractivity contribution in [1.29, 1.82) is 0 Å². The van der Waals surface area contributed by atoms with Crippen LogP contribution >= 0.6 is 11.6 Å². The summed E-state index contributed by atoms with van der Waals surface area (Å²) in [5.41, 5.74) is 2.30. The van der Waals surface area contributed by atoms with Crippen LogP contribution < -0.4 is 5.32 Å². The molecule has 1 amide bonds. The van der Waals surface area contributed by atoms with Crippen molar-refractivity contribution in [3.05, 3.63) is 52.8 Å². The largest absolute Gasteiger partial charge is 0.371 e. The van der Waals surface area contributed by atoms with Crippen LogP contribution in [0.4, 0.5) is 0 Å². The average Bonchev–Trinajstić information content (AvgIpc) is 3.31. The number of carbonyl (C=O) groups is 1. The quantitative estimate of drug-likeness (QED) is 0.798. The second-order valence-corrected chi connectivity index (χ2v) is 7.88. The van der Waals surface area contributed by atoms with Crippen LogP contribution in [0.3, 0.4) is 0 Å². The molecule has 7 heteroatoms. The third-order valence-corrected chi connectivity index (χ3v) is 5.70. The van der Waals surface area contributed by atoms with Crippen molar-refractivity contribution in [3.8, 4) is 0 Å². The van der Waals surface area contributed by atoms with Crippen LogP contribution in [-0.2, 0) is 16.0 Å². The number of hydrogen-bond donors (Lipinski definition) is 2. The van der Waals surface area contributed by atoms with Crippen molar-refractivity contribution < 1.29 is 9.53 Å². The Morgan fingerprint density at radius 1 is 1.33 bits per heavy atom. The fraction of sp³-hybridized carbons (Fsp3) is 0.500. The summed E-state index contributed by atoms with van der Waals surface area (Å²) >= 11 is 5.98. The smallest absolute Gasteiger partial charge is 0.220 e. The summed E-state index contributed by atoms with van der Waals surface area (Å²) in [6.07, 6.45) is 6.99. The lowest BCUT2D eigenvalue weighted by molar-refractivity contribution is -0.121. The average molecular weight is 389 g/mol. The molecule has 0 spiro atoms. The van der Waals surface area contributed by atoms with Crippen molar-refractivity contribution >= 4 is 17.5 Å². The van der Waals surface area contributed by atoms with Gasteiger partial charge in [0.05, 0.1) is 18.9 Å². The zero-order valence-electron chi connectivity index (χ0n) is 15.2. The van der Waals surface area contributed by atoms with Gasteiger partial charge in [0.2, 0.25) is 5.91 Å². The third kappa shape index (κ3) is 4.69. The lowest BCUT2D eigenvalue weighted by Crippen LogP contribution is -2.43. The summed E-state index contributed by atoms with van der Waals surface area (Å²) in [7, 11) is 0. The van der Waals surface area contributed by atoms with E-state index in [1.807, 2.05) is 36.7 Å². The minimum atomic E-state index is 0.0722. The number of fused-ring (bicyclic) bond motifs is 1. The van der Waals surface area contributed by atoms with Crippen molar-refractivity contribution in [2.45, 2.75) is 43.9 Å². The van der Waals surface area contributed by atoms with Gasteiger partial charge in [0, 0.05) is 42.8 Å². The standard InChI is InChI=1S/C20H25ClN4O2/c21-16-6-4-15(5-7-16)19-12-25-11-17(8-18(25)13-27-19)24-20(26)3-1-2-14-9-22-23-10-14/h4-7,9-10,17-19H,1-3,8,11-13H2,(H,22,23)(H,24,26)/t17-,18-,19+/m0/s1. The molecule has 0 saturated carbocycles. The van der Waals surface area contributed by atoms with E-state index in [1.54, 1.807) is 0 Å². The van der Waals surface area contributed by atoms with Crippen molar-refractivity contribution in [1.82, 2.24) is 20.4 Å². The highest BCUT2D eigenvalue weighted by molar-refractivity contribution is 6.30. The monoisotopic (exact) mass is 388 g/mol. The van der Waals surface area contributed by atoms with Gasteiger partial charge in [-0.3, -0.25) is 14.8 Å². The van der Waals surface area contributed by atoms with E-state index in [0.29, 0.717) is 19.1 Å². The molecule has 0 bridgehead atoms. The van der Waals surface area contributed by atoms with Crippen LogP contribution in [0.25, 0.3) is 0 Å². The van der Waals surface area contributed by atoms with Gasteiger partial charge in [-0.1, -0.05) is 23.7 Å². The number of carbonyl (C=O) groups excluding carboxylic acids is 1. The minimum absolute atomic E-state index is 0.0722. The van der Waals surface area contributed by atoms with Gasteiger partial charge >= 0.3 is 0 Å². The lowest BCUT2D eigenvalue weighted by atomic mass is 10.1. The Bertz CT molecular complexity index is 750. The molecule has 2 aliphatic heterocycles. The maximum atomic E-state index is 12.3. The van der Waals surface area contributed by atoms with Crippen LogP contribution in [0, 0.1) is 0 Å². The summed E-state index contributed by atoms with van der Waals surface area (Å²) in [4.78, 5) is 14.7. The molecule has 1 aromatic heterocycles. The number of aromatic amines is 1. The molecule has 2 aliphatic rings. The summed E-state index contributed by atoms with van der Waals surface area (Å²) < 4.78 is 6.07. The van der Waals surface area contributed by atoms with Crippen LogP contribution in [0.1, 0.15) is 36.5 Å².